The smallest absolute Gasteiger partial charge is 0.151 e. The lowest BCUT2D eigenvalue weighted by Gasteiger charge is -2.46. The van der Waals surface area contributed by atoms with Crippen LogP contribution in [0.25, 0.3) is 11.1 Å². The van der Waals surface area contributed by atoms with Crippen molar-refractivity contribution in [2.24, 2.45) is 0 Å². The van der Waals surface area contributed by atoms with Crippen molar-refractivity contribution in [3.8, 4) is 22.6 Å². The number of rotatable bonds is 0. The molecule has 0 unspecified atom stereocenters. The summed E-state index contributed by atoms with van der Waals surface area (Å²) in [5.74, 6) is 2.69. The number of nitrogens with zero attached hydrogens (tertiary/aromatic N) is 2. The molecule has 1 aliphatic carbocycles. The molecule has 0 atom stereocenters. The molecule has 0 saturated heterocycles. The maximum Gasteiger partial charge on any atom is 0.151 e. The Hall–Kier alpha value is -4.37. The lowest BCUT2D eigenvalue weighted by molar-refractivity contribution is 0.473. The first-order chi connectivity index (χ1) is 16.8. The summed E-state index contributed by atoms with van der Waals surface area (Å²) in [5.41, 5.74) is 10.5. The number of aryl methyl sites for hydroxylation is 1. The minimum absolute atomic E-state index is 0.455. The molecule has 34 heavy (non-hydrogen) atoms. The number of hydrogen-bond donors (Lipinski definition) is 0. The van der Waals surface area contributed by atoms with Crippen molar-refractivity contribution in [1.29, 1.82) is 0 Å². The van der Waals surface area contributed by atoms with Crippen LogP contribution < -0.4 is 9.64 Å². The molecule has 160 valence electrons. The van der Waals surface area contributed by atoms with Crippen LogP contribution >= 0.6 is 0 Å². The Bertz CT molecular complexity index is 1620. The maximum atomic E-state index is 6.50. The van der Waals surface area contributed by atoms with Crippen LogP contribution in [0, 0.1) is 6.92 Å². The van der Waals surface area contributed by atoms with E-state index in [9.17, 15) is 0 Å². The lowest BCUT2D eigenvalue weighted by Crippen LogP contribution is -2.37. The number of anilines is 3. The zero-order valence-electron chi connectivity index (χ0n) is 18.6. The van der Waals surface area contributed by atoms with Gasteiger partial charge in [-0.25, -0.2) is 4.98 Å². The Kier molecular flexibility index (Phi) is 3.27. The number of pyridine rings is 1. The molecule has 8 rings (SSSR count). The molecule has 0 saturated carbocycles. The highest BCUT2D eigenvalue weighted by atomic mass is 16.5. The fourth-order valence-corrected chi connectivity index (χ4v) is 6.31. The second kappa shape index (κ2) is 6.15. The summed E-state index contributed by atoms with van der Waals surface area (Å²) in [4.78, 5) is 7.32. The molecule has 3 aliphatic rings. The highest BCUT2D eigenvalue weighted by Crippen LogP contribution is 2.66. The highest BCUT2D eigenvalue weighted by molar-refractivity contribution is 5.98. The molecule has 0 N–H and O–H groups in total. The van der Waals surface area contributed by atoms with Gasteiger partial charge in [0.1, 0.15) is 5.82 Å². The molecule has 3 heteroatoms. The van der Waals surface area contributed by atoms with Crippen molar-refractivity contribution in [3.63, 3.8) is 0 Å². The zero-order valence-corrected chi connectivity index (χ0v) is 18.6. The van der Waals surface area contributed by atoms with E-state index in [2.05, 4.69) is 109 Å². The molecular weight excluding hydrogens is 416 g/mol. The third-order valence-corrected chi connectivity index (χ3v) is 7.56. The largest absolute Gasteiger partial charge is 0.453 e. The molecule has 0 bridgehead atoms. The molecule has 1 aromatic heterocycles. The van der Waals surface area contributed by atoms with E-state index in [0.29, 0.717) is 0 Å². The van der Waals surface area contributed by atoms with E-state index in [1.165, 1.54) is 38.9 Å². The summed E-state index contributed by atoms with van der Waals surface area (Å²) >= 11 is 0. The fraction of sp³-hybridized carbons (Fsp3) is 0.0645. The summed E-state index contributed by atoms with van der Waals surface area (Å²) < 4.78 is 6.50. The first-order valence-electron chi connectivity index (χ1n) is 11.7. The van der Waals surface area contributed by atoms with Gasteiger partial charge in [-0.3, -0.25) is 4.90 Å². The third kappa shape index (κ3) is 1.97. The van der Waals surface area contributed by atoms with E-state index in [1.54, 1.807) is 0 Å². The normalized spacial score (nSPS) is 15.0. The van der Waals surface area contributed by atoms with Crippen LogP contribution in [-0.2, 0) is 5.41 Å². The van der Waals surface area contributed by atoms with Crippen LogP contribution in [0.5, 0.6) is 11.5 Å². The Morgan fingerprint density at radius 3 is 2.18 bits per heavy atom. The number of para-hydroxylation sites is 1. The average Bonchev–Trinajstić information content (AvgIpc) is 3.18. The monoisotopic (exact) mass is 436 g/mol. The summed E-state index contributed by atoms with van der Waals surface area (Å²) in [6.07, 6.45) is 1.90. The number of aromatic nitrogens is 1. The molecule has 5 aromatic rings. The quantitative estimate of drug-likeness (QED) is 0.244. The van der Waals surface area contributed by atoms with E-state index in [4.69, 9.17) is 9.72 Å². The summed E-state index contributed by atoms with van der Waals surface area (Å²) in [5, 5.41) is 0. The number of ether oxygens (including phenoxy) is 1. The summed E-state index contributed by atoms with van der Waals surface area (Å²) in [6.45, 7) is 2.12. The fourth-order valence-electron chi connectivity index (χ4n) is 6.31. The van der Waals surface area contributed by atoms with E-state index in [1.807, 2.05) is 6.20 Å². The molecule has 0 fully saturated rings. The van der Waals surface area contributed by atoms with Gasteiger partial charge in [0, 0.05) is 11.8 Å². The van der Waals surface area contributed by atoms with Gasteiger partial charge in [-0.15, -0.1) is 0 Å². The van der Waals surface area contributed by atoms with Crippen LogP contribution in [0.15, 0.2) is 103 Å². The molecule has 4 aromatic carbocycles. The van der Waals surface area contributed by atoms with Gasteiger partial charge >= 0.3 is 0 Å². The molecule has 3 heterocycles. The van der Waals surface area contributed by atoms with Crippen LogP contribution in [0.4, 0.5) is 17.2 Å². The van der Waals surface area contributed by atoms with Crippen molar-refractivity contribution < 1.29 is 4.74 Å². The van der Waals surface area contributed by atoms with Gasteiger partial charge in [-0.1, -0.05) is 72.8 Å². The minimum atomic E-state index is -0.455. The Labute approximate surface area is 197 Å². The second-order valence-electron chi connectivity index (χ2n) is 9.28. The van der Waals surface area contributed by atoms with Gasteiger partial charge < -0.3 is 4.74 Å². The zero-order chi connectivity index (χ0) is 22.4. The van der Waals surface area contributed by atoms with Crippen molar-refractivity contribution in [2.45, 2.75) is 12.3 Å². The van der Waals surface area contributed by atoms with Crippen LogP contribution in [-0.4, -0.2) is 4.98 Å². The first-order valence-corrected chi connectivity index (χ1v) is 11.7. The topological polar surface area (TPSA) is 25.4 Å². The standard InChI is InChI=1S/C31H20N2O/c1-19-15-16-27-26(18-19)33-29-24(12-6-14-28(29)34-27)31(25-13-7-17-32-30(25)33)22-10-4-2-8-20(22)21-9-3-5-11-23(21)31/h2-18H,1H3. The van der Waals surface area contributed by atoms with Gasteiger partial charge in [-0.05, 0) is 64.6 Å². The van der Waals surface area contributed by atoms with E-state index in [-0.39, 0.29) is 0 Å². The van der Waals surface area contributed by atoms with Gasteiger partial charge in [0.15, 0.2) is 11.5 Å². The van der Waals surface area contributed by atoms with Gasteiger partial charge in [0.2, 0.25) is 0 Å². The molecule has 0 amide bonds. The molecule has 3 nitrogen and oxygen atoms in total. The second-order valence-corrected chi connectivity index (χ2v) is 9.28. The molecule has 0 radical (unpaired) electrons. The molecule has 1 spiro atoms. The van der Waals surface area contributed by atoms with E-state index < -0.39 is 5.41 Å². The van der Waals surface area contributed by atoms with Crippen molar-refractivity contribution >= 4 is 17.2 Å². The van der Waals surface area contributed by atoms with Gasteiger partial charge in [-0.2, -0.15) is 0 Å². The maximum absolute atomic E-state index is 6.50. The van der Waals surface area contributed by atoms with Gasteiger partial charge in [0.05, 0.1) is 16.8 Å². The van der Waals surface area contributed by atoms with Crippen LogP contribution in [0.1, 0.15) is 27.8 Å². The predicted molar refractivity (Wildman–Crippen MR) is 135 cm³/mol. The van der Waals surface area contributed by atoms with Crippen molar-refractivity contribution in [2.75, 3.05) is 4.90 Å². The first kappa shape index (κ1) is 18.1. The molecule has 2 aliphatic heterocycles. The number of benzene rings is 4. The Balaban J connectivity index is 1.58. The summed E-state index contributed by atoms with van der Waals surface area (Å²) in [7, 11) is 0. The van der Waals surface area contributed by atoms with Crippen molar-refractivity contribution in [1.82, 2.24) is 4.98 Å². The van der Waals surface area contributed by atoms with Crippen molar-refractivity contribution in [3.05, 3.63) is 131 Å². The number of fused-ring (bicyclic) bond motifs is 11. The van der Waals surface area contributed by atoms with E-state index >= 15 is 0 Å². The predicted octanol–water partition coefficient (Wildman–Crippen LogP) is 7.64. The Morgan fingerprint density at radius 1 is 0.676 bits per heavy atom. The third-order valence-electron chi connectivity index (χ3n) is 7.56. The lowest BCUT2D eigenvalue weighted by atomic mass is 9.65. The van der Waals surface area contributed by atoms with Crippen LogP contribution in [0.3, 0.4) is 0 Å². The van der Waals surface area contributed by atoms with Gasteiger partial charge in [0.25, 0.3) is 0 Å². The highest BCUT2D eigenvalue weighted by Gasteiger charge is 2.53. The Morgan fingerprint density at radius 2 is 1.38 bits per heavy atom. The van der Waals surface area contributed by atoms with Crippen LogP contribution in [0.2, 0.25) is 0 Å². The SMILES string of the molecule is Cc1ccc2c(c1)N1c3ncccc3C3(c4ccccc4-c4ccccc43)c3cccc(c31)O2. The average molecular weight is 437 g/mol. The number of hydrogen-bond acceptors (Lipinski definition) is 3. The minimum Gasteiger partial charge on any atom is -0.453 e. The molecular formula is C31H20N2O. The van der Waals surface area contributed by atoms with E-state index in [0.717, 1.165) is 28.7 Å². The summed E-state index contributed by atoms with van der Waals surface area (Å²) in [6, 6.07) is 34.8.